The van der Waals surface area contributed by atoms with Gasteiger partial charge in [0.1, 0.15) is 23.8 Å². The molecule has 2 N–H and O–H groups in total. The molecule has 2 unspecified atom stereocenters. The van der Waals surface area contributed by atoms with Crippen molar-refractivity contribution in [3.05, 3.63) is 65.7 Å². The molecule has 0 spiro atoms. The molecule has 1 fully saturated rings. The van der Waals surface area contributed by atoms with E-state index in [1.807, 2.05) is 30.3 Å². The molecule has 9 heteroatoms. The monoisotopic (exact) mass is 442 g/mol. The fourth-order valence-electron chi connectivity index (χ4n) is 4.27. The van der Waals surface area contributed by atoms with E-state index >= 15 is 0 Å². The van der Waals surface area contributed by atoms with Crippen LogP contribution in [0, 0.1) is 17.0 Å². The van der Waals surface area contributed by atoms with Gasteiger partial charge in [-0.05, 0) is 24.1 Å². The molecule has 1 saturated heterocycles. The second-order valence-electron chi connectivity index (χ2n) is 8.12. The number of halogens is 2. The lowest BCUT2D eigenvalue weighted by molar-refractivity contribution is -0.140. The summed E-state index contributed by atoms with van der Waals surface area (Å²) in [4.78, 5) is 27.7. The maximum absolute atomic E-state index is 13.4. The Labute approximate surface area is 184 Å². The summed E-state index contributed by atoms with van der Waals surface area (Å²) in [5.74, 6) is -2.48. The number of hydrazone groups is 1. The van der Waals surface area contributed by atoms with Crippen LogP contribution in [0.2, 0.25) is 0 Å². The Hall–Kier alpha value is -3.33. The van der Waals surface area contributed by atoms with Crippen LogP contribution in [-0.4, -0.2) is 60.2 Å². The first-order chi connectivity index (χ1) is 15.3. The molecule has 0 bridgehead atoms. The first-order valence-corrected chi connectivity index (χ1v) is 10.3. The lowest BCUT2D eigenvalue weighted by Gasteiger charge is -2.40. The molecule has 32 heavy (non-hydrogen) atoms. The van der Waals surface area contributed by atoms with Gasteiger partial charge in [-0.2, -0.15) is 5.10 Å². The van der Waals surface area contributed by atoms with Crippen LogP contribution >= 0.6 is 0 Å². The van der Waals surface area contributed by atoms with Crippen LogP contribution in [-0.2, 0) is 16.0 Å². The van der Waals surface area contributed by atoms with Gasteiger partial charge in [0.05, 0.1) is 5.71 Å². The molecule has 2 aliphatic heterocycles. The number of nitrogens with two attached hydrogens (primary N) is 1. The van der Waals surface area contributed by atoms with Crippen LogP contribution in [0.5, 0.6) is 5.75 Å². The Morgan fingerprint density at radius 1 is 1.22 bits per heavy atom. The highest BCUT2D eigenvalue weighted by Crippen LogP contribution is 2.38. The Kier molecular flexibility index (Phi) is 5.92. The van der Waals surface area contributed by atoms with Crippen molar-refractivity contribution in [3.8, 4) is 5.75 Å². The van der Waals surface area contributed by atoms with Crippen LogP contribution in [0.4, 0.5) is 8.78 Å². The van der Waals surface area contributed by atoms with E-state index in [1.54, 1.807) is 11.9 Å². The molecular weight excluding hydrogens is 418 g/mol. The molecule has 2 aliphatic rings. The van der Waals surface area contributed by atoms with Crippen molar-refractivity contribution in [1.29, 1.82) is 0 Å². The van der Waals surface area contributed by atoms with Crippen molar-refractivity contribution >= 4 is 17.5 Å². The van der Waals surface area contributed by atoms with Gasteiger partial charge in [0.2, 0.25) is 5.91 Å². The van der Waals surface area contributed by atoms with Gasteiger partial charge >= 0.3 is 0 Å². The minimum Gasteiger partial charge on any atom is -0.491 e. The number of piperidine rings is 1. The number of carbonyl (C=O) groups excluding carboxylic acids is 2. The minimum absolute atomic E-state index is 0.0772. The summed E-state index contributed by atoms with van der Waals surface area (Å²) in [5, 5.41) is 5.78. The average Bonchev–Trinajstić information content (AvgIpc) is 3.04. The Morgan fingerprint density at radius 3 is 2.69 bits per heavy atom. The van der Waals surface area contributed by atoms with E-state index in [4.69, 9.17) is 10.5 Å². The maximum atomic E-state index is 13.4. The number of amides is 2. The number of benzene rings is 2. The topological polar surface area (TPSA) is 88.2 Å². The van der Waals surface area contributed by atoms with E-state index in [0.29, 0.717) is 19.4 Å². The smallest absolute Gasteiger partial charge is 0.256 e. The lowest BCUT2D eigenvalue weighted by Crippen LogP contribution is -2.58. The number of nitrogens with zero attached hydrogens (tertiary/aromatic N) is 3. The molecular formula is C23H24F2N4O3. The van der Waals surface area contributed by atoms with E-state index in [0.717, 1.165) is 23.4 Å². The van der Waals surface area contributed by atoms with E-state index in [2.05, 4.69) is 5.10 Å². The Balaban J connectivity index is 1.48. The fourth-order valence-corrected chi connectivity index (χ4v) is 4.27. The molecule has 0 aliphatic carbocycles. The standard InChI is InChI=1S/C23H24F2N4O3/c1-28-22(31)23(12-15-5-3-2-4-6-15)14-29(10-9-20(23)27-28)21(30)19(26)13-32-16-7-8-17(24)18(25)11-16/h2-8,11,19H,9-10,12-14,26H2,1H3. The number of carbonyl (C=O) groups is 2. The van der Waals surface area contributed by atoms with Crippen LogP contribution in [0.3, 0.4) is 0 Å². The highest BCUT2D eigenvalue weighted by molar-refractivity contribution is 6.13. The highest BCUT2D eigenvalue weighted by Gasteiger charge is 2.53. The van der Waals surface area contributed by atoms with Gasteiger partial charge in [0.25, 0.3) is 5.91 Å². The molecule has 2 aromatic rings. The third kappa shape index (κ3) is 4.08. The van der Waals surface area contributed by atoms with Crippen molar-refractivity contribution in [2.24, 2.45) is 16.3 Å². The number of rotatable bonds is 6. The number of ether oxygens (including phenoxy) is 1. The molecule has 7 nitrogen and oxygen atoms in total. The van der Waals surface area contributed by atoms with Crippen molar-refractivity contribution in [3.63, 3.8) is 0 Å². The molecule has 2 aromatic carbocycles. The van der Waals surface area contributed by atoms with Gasteiger partial charge < -0.3 is 15.4 Å². The molecule has 0 aromatic heterocycles. The molecule has 2 heterocycles. The van der Waals surface area contributed by atoms with Crippen LogP contribution in [0.1, 0.15) is 12.0 Å². The zero-order valence-corrected chi connectivity index (χ0v) is 17.6. The third-order valence-electron chi connectivity index (χ3n) is 5.90. The number of hydrogen-bond acceptors (Lipinski definition) is 5. The minimum atomic E-state index is -1.04. The van der Waals surface area contributed by atoms with E-state index in [9.17, 15) is 18.4 Å². The summed E-state index contributed by atoms with van der Waals surface area (Å²) in [6.45, 7) is 0.344. The van der Waals surface area contributed by atoms with Gasteiger partial charge in [-0.15, -0.1) is 0 Å². The van der Waals surface area contributed by atoms with Crippen molar-refractivity contribution in [2.75, 3.05) is 26.7 Å². The average molecular weight is 442 g/mol. The summed E-state index contributed by atoms with van der Waals surface area (Å²) in [7, 11) is 1.62. The first kappa shape index (κ1) is 21.9. The van der Waals surface area contributed by atoms with Gasteiger partial charge in [-0.1, -0.05) is 30.3 Å². The number of hydrogen-bond donors (Lipinski definition) is 1. The van der Waals surface area contributed by atoms with Gasteiger partial charge in [-0.3, -0.25) is 9.59 Å². The predicted molar refractivity (Wildman–Crippen MR) is 114 cm³/mol. The quantitative estimate of drug-likeness (QED) is 0.741. The summed E-state index contributed by atoms with van der Waals surface area (Å²) >= 11 is 0. The van der Waals surface area contributed by atoms with Crippen LogP contribution < -0.4 is 10.5 Å². The summed E-state index contributed by atoms with van der Waals surface area (Å²) < 4.78 is 31.8. The Bertz CT molecular complexity index is 1060. The summed E-state index contributed by atoms with van der Waals surface area (Å²) in [5.41, 5.74) is 6.87. The zero-order chi connectivity index (χ0) is 22.9. The second kappa shape index (κ2) is 8.66. The Morgan fingerprint density at radius 2 is 1.97 bits per heavy atom. The maximum Gasteiger partial charge on any atom is 0.256 e. The SMILES string of the molecule is CN1N=C2CCN(C(=O)C(N)COc3ccc(F)c(F)c3)CC2(Cc2ccccc2)C1=O. The predicted octanol–water partition coefficient (Wildman–Crippen LogP) is 1.96. The lowest BCUT2D eigenvalue weighted by atomic mass is 9.73. The molecule has 168 valence electrons. The number of likely N-dealkylation sites (tertiary alicyclic amines) is 1. The van der Waals surface area contributed by atoms with Gasteiger partial charge in [-0.25, -0.2) is 13.8 Å². The van der Waals surface area contributed by atoms with Crippen molar-refractivity contribution < 1.29 is 23.1 Å². The summed E-state index contributed by atoms with van der Waals surface area (Å²) in [6.07, 6.45) is 0.894. The molecule has 0 saturated carbocycles. The van der Waals surface area contributed by atoms with Gasteiger partial charge in [0, 0.05) is 32.6 Å². The first-order valence-electron chi connectivity index (χ1n) is 10.3. The van der Waals surface area contributed by atoms with E-state index < -0.39 is 23.1 Å². The van der Waals surface area contributed by atoms with E-state index in [1.165, 1.54) is 11.1 Å². The second-order valence-corrected chi connectivity index (χ2v) is 8.12. The normalized spacial score (nSPS) is 21.2. The van der Waals surface area contributed by atoms with Crippen LogP contribution in [0.25, 0.3) is 0 Å². The molecule has 2 amide bonds. The largest absolute Gasteiger partial charge is 0.491 e. The fraction of sp³-hybridized carbons (Fsp3) is 0.348. The van der Waals surface area contributed by atoms with E-state index in [-0.39, 0.29) is 30.7 Å². The highest BCUT2D eigenvalue weighted by atomic mass is 19.2. The number of fused-ring (bicyclic) bond motifs is 1. The summed E-state index contributed by atoms with van der Waals surface area (Å²) in [6, 6.07) is 11.7. The van der Waals surface area contributed by atoms with Crippen molar-refractivity contribution in [1.82, 2.24) is 9.91 Å². The zero-order valence-electron chi connectivity index (χ0n) is 17.6. The molecule has 4 rings (SSSR count). The van der Waals surface area contributed by atoms with Gasteiger partial charge in [0.15, 0.2) is 11.6 Å². The van der Waals surface area contributed by atoms with Crippen molar-refractivity contribution in [2.45, 2.75) is 18.9 Å². The molecule has 2 atom stereocenters. The third-order valence-corrected chi connectivity index (χ3v) is 5.90. The van der Waals surface area contributed by atoms with Crippen LogP contribution in [0.15, 0.2) is 53.6 Å². The molecule has 0 radical (unpaired) electrons.